The number of carbonyl (C=O) groups excluding carboxylic acids is 2. The summed E-state index contributed by atoms with van der Waals surface area (Å²) >= 11 is 1.31. The number of nitrogens with one attached hydrogen (secondary N) is 1. The van der Waals surface area contributed by atoms with Crippen LogP contribution in [-0.2, 0) is 15.8 Å². The molecule has 0 aliphatic rings. The van der Waals surface area contributed by atoms with Gasteiger partial charge in [0.25, 0.3) is 5.91 Å². The monoisotopic (exact) mass is 339 g/mol. The van der Waals surface area contributed by atoms with Gasteiger partial charge in [-0.15, -0.1) is 11.3 Å². The van der Waals surface area contributed by atoms with Crippen LogP contribution >= 0.6 is 11.3 Å². The quantitative estimate of drug-likeness (QED) is 0.510. The highest BCUT2D eigenvalue weighted by atomic mass is 32.1. The van der Waals surface area contributed by atoms with Gasteiger partial charge in [0.05, 0.1) is 16.8 Å². The summed E-state index contributed by atoms with van der Waals surface area (Å²) in [4.78, 5) is 24.5. The third-order valence-corrected chi connectivity index (χ3v) is 3.75. The van der Waals surface area contributed by atoms with E-state index >= 15 is 0 Å². The van der Waals surface area contributed by atoms with Crippen molar-refractivity contribution in [2.24, 2.45) is 0 Å². The zero-order valence-corrected chi connectivity index (χ0v) is 12.8. The van der Waals surface area contributed by atoms with E-state index in [0.29, 0.717) is 4.88 Å². The van der Waals surface area contributed by atoms with E-state index in [9.17, 15) is 22.8 Å². The maximum atomic E-state index is 12.9. The molecule has 0 aliphatic carbocycles. The molecule has 0 atom stereocenters. The molecule has 0 radical (unpaired) electrons. The van der Waals surface area contributed by atoms with Crippen molar-refractivity contribution in [3.05, 3.63) is 57.8 Å². The largest absolute Gasteiger partial charge is 0.418 e. The van der Waals surface area contributed by atoms with Crippen molar-refractivity contribution >= 4 is 34.8 Å². The Hall–Kier alpha value is -2.41. The highest BCUT2D eigenvalue weighted by Gasteiger charge is 2.33. The minimum Gasteiger partial charge on any atom is -0.321 e. The molecule has 3 nitrogen and oxygen atoms in total. The number of halogens is 3. The van der Waals surface area contributed by atoms with E-state index in [2.05, 4.69) is 5.32 Å². The van der Waals surface area contributed by atoms with Crippen molar-refractivity contribution < 1.29 is 22.8 Å². The summed E-state index contributed by atoms with van der Waals surface area (Å²) in [5.74, 6) is -1.40. The lowest BCUT2D eigenvalue weighted by Gasteiger charge is -2.13. The molecule has 0 unspecified atom stereocenters. The lowest BCUT2D eigenvalue weighted by molar-refractivity contribution is -0.137. The number of alkyl halides is 3. The Morgan fingerprint density at radius 2 is 1.83 bits per heavy atom. The fourth-order valence-corrected chi connectivity index (χ4v) is 2.53. The number of hydrogen-bond acceptors (Lipinski definition) is 3. The molecule has 1 heterocycles. The molecule has 2 aromatic rings. The van der Waals surface area contributed by atoms with E-state index in [1.807, 2.05) is 0 Å². The topological polar surface area (TPSA) is 46.2 Å². The molecule has 7 heteroatoms. The van der Waals surface area contributed by atoms with Crippen molar-refractivity contribution in [2.75, 3.05) is 5.32 Å². The molecule has 23 heavy (non-hydrogen) atoms. The SMILES string of the molecule is CC(=O)/C(=C\c1cccs1)C(=O)Nc1ccccc1C(F)(F)F. The van der Waals surface area contributed by atoms with Gasteiger partial charge in [0, 0.05) is 4.88 Å². The summed E-state index contributed by atoms with van der Waals surface area (Å²) in [7, 11) is 0. The molecule has 120 valence electrons. The summed E-state index contributed by atoms with van der Waals surface area (Å²) in [6.45, 7) is 1.19. The maximum Gasteiger partial charge on any atom is 0.418 e. The molecule has 0 saturated heterocycles. The van der Waals surface area contributed by atoms with Crippen LogP contribution < -0.4 is 5.32 Å². The first-order valence-electron chi connectivity index (χ1n) is 6.53. The Morgan fingerprint density at radius 1 is 1.13 bits per heavy atom. The van der Waals surface area contributed by atoms with E-state index in [4.69, 9.17) is 0 Å². The molecule has 2 rings (SSSR count). The molecule has 1 N–H and O–H groups in total. The van der Waals surface area contributed by atoms with Crippen molar-refractivity contribution in [3.8, 4) is 0 Å². The number of Topliss-reactive ketones (excluding diaryl/α,β-unsaturated/α-hetero) is 1. The van der Waals surface area contributed by atoms with Crippen LogP contribution in [0.3, 0.4) is 0 Å². The molecule has 0 spiro atoms. The average molecular weight is 339 g/mol. The van der Waals surface area contributed by atoms with Crippen LogP contribution in [0, 0.1) is 0 Å². The van der Waals surface area contributed by atoms with E-state index in [-0.39, 0.29) is 11.3 Å². The lowest BCUT2D eigenvalue weighted by atomic mass is 10.1. The van der Waals surface area contributed by atoms with Crippen LogP contribution in [-0.4, -0.2) is 11.7 Å². The normalized spacial score (nSPS) is 12.1. The number of hydrogen-bond donors (Lipinski definition) is 1. The van der Waals surface area contributed by atoms with Gasteiger partial charge in [-0.2, -0.15) is 13.2 Å². The fourth-order valence-electron chi connectivity index (χ4n) is 1.87. The highest BCUT2D eigenvalue weighted by Crippen LogP contribution is 2.34. The number of benzene rings is 1. The molecular weight excluding hydrogens is 327 g/mol. The second-order valence-corrected chi connectivity index (χ2v) is 5.61. The first-order chi connectivity index (χ1) is 10.8. The summed E-state index contributed by atoms with van der Waals surface area (Å²) < 4.78 is 38.8. The van der Waals surface area contributed by atoms with Gasteiger partial charge in [0.15, 0.2) is 5.78 Å². The van der Waals surface area contributed by atoms with Crippen LogP contribution in [0.1, 0.15) is 17.4 Å². The second-order valence-electron chi connectivity index (χ2n) is 4.63. The van der Waals surface area contributed by atoms with Crippen LogP contribution in [0.4, 0.5) is 18.9 Å². The first-order valence-corrected chi connectivity index (χ1v) is 7.40. The van der Waals surface area contributed by atoms with Crippen LogP contribution in [0.5, 0.6) is 0 Å². The van der Waals surface area contributed by atoms with Crippen molar-refractivity contribution in [1.29, 1.82) is 0 Å². The van der Waals surface area contributed by atoms with Crippen LogP contribution in [0.2, 0.25) is 0 Å². The standard InChI is InChI=1S/C16H12F3NO2S/c1-10(21)12(9-11-5-4-8-23-11)15(22)20-14-7-3-2-6-13(14)16(17,18)19/h2-9H,1H3,(H,20,22)/b12-9+. The summed E-state index contributed by atoms with van der Waals surface area (Å²) in [6, 6.07) is 8.05. The van der Waals surface area contributed by atoms with E-state index in [0.717, 1.165) is 12.1 Å². The van der Waals surface area contributed by atoms with Crippen LogP contribution in [0.25, 0.3) is 6.08 Å². The number of rotatable bonds is 4. The van der Waals surface area contributed by atoms with Crippen molar-refractivity contribution in [1.82, 2.24) is 0 Å². The maximum absolute atomic E-state index is 12.9. The smallest absolute Gasteiger partial charge is 0.321 e. The van der Waals surface area contributed by atoms with Gasteiger partial charge in [-0.05, 0) is 36.6 Å². The van der Waals surface area contributed by atoms with E-state index in [1.165, 1.54) is 36.5 Å². The van der Waals surface area contributed by atoms with Gasteiger partial charge >= 0.3 is 6.18 Å². The van der Waals surface area contributed by atoms with Gasteiger partial charge < -0.3 is 5.32 Å². The molecule has 0 bridgehead atoms. The number of para-hydroxylation sites is 1. The average Bonchev–Trinajstić information content (AvgIpc) is 2.96. The molecule has 0 aliphatic heterocycles. The number of anilines is 1. The number of carbonyl (C=O) groups is 2. The zero-order chi connectivity index (χ0) is 17.0. The lowest BCUT2D eigenvalue weighted by Crippen LogP contribution is -2.21. The summed E-state index contributed by atoms with van der Waals surface area (Å²) in [5, 5.41) is 3.93. The Kier molecular flexibility index (Phi) is 5.00. The third kappa shape index (κ3) is 4.29. The Bertz CT molecular complexity index is 749. The third-order valence-electron chi connectivity index (χ3n) is 2.93. The van der Waals surface area contributed by atoms with Gasteiger partial charge in [0.1, 0.15) is 0 Å². The van der Waals surface area contributed by atoms with E-state index < -0.39 is 23.4 Å². The first kappa shape index (κ1) is 17.0. The van der Waals surface area contributed by atoms with Crippen molar-refractivity contribution in [2.45, 2.75) is 13.1 Å². The predicted molar refractivity (Wildman–Crippen MR) is 83.1 cm³/mol. The molecular formula is C16H12F3NO2S. The zero-order valence-electron chi connectivity index (χ0n) is 12.0. The van der Waals surface area contributed by atoms with Crippen molar-refractivity contribution in [3.63, 3.8) is 0 Å². The fraction of sp³-hybridized carbons (Fsp3) is 0.125. The van der Waals surface area contributed by atoms with Gasteiger partial charge in [-0.3, -0.25) is 9.59 Å². The Balaban J connectivity index is 2.32. The number of amides is 1. The van der Waals surface area contributed by atoms with Gasteiger partial charge in [0.2, 0.25) is 0 Å². The van der Waals surface area contributed by atoms with Gasteiger partial charge in [-0.1, -0.05) is 18.2 Å². The van der Waals surface area contributed by atoms with Gasteiger partial charge in [-0.25, -0.2) is 0 Å². The molecule has 0 fully saturated rings. The summed E-state index contributed by atoms with van der Waals surface area (Å²) in [6.07, 6.45) is -3.24. The highest BCUT2D eigenvalue weighted by molar-refractivity contribution is 7.10. The molecule has 1 amide bonds. The predicted octanol–water partition coefficient (Wildman–Crippen LogP) is 4.38. The second kappa shape index (κ2) is 6.78. The van der Waals surface area contributed by atoms with E-state index in [1.54, 1.807) is 17.5 Å². The molecule has 1 aromatic carbocycles. The summed E-state index contributed by atoms with van der Waals surface area (Å²) in [5.41, 5.74) is -1.56. The molecule has 1 aromatic heterocycles. The number of thiophene rings is 1. The minimum atomic E-state index is -4.60. The van der Waals surface area contributed by atoms with Crippen LogP contribution in [0.15, 0.2) is 47.4 Å². The Labute approximate surface area is 134 Å². The Morgan fingerprint density at radius 3 is 2.39 bits per heavy atom. The minimum absolute atomic E-state index is 0.204. The number of ketones is 1. The molecule has 0 saturated carbocycles.